The fourth-order valence-corrected chi connectivity index (χ4v) is 2.43. The summed E-state index contributed by atoms with van der Waals surface area (Å²) in [5.74, 6) is 0. The molecule has 1 unspecified atom stereocenters. The third kappa shape index (κ3) is 2.22. The van der Waals surface area contributed by atoms with Crippen molar-refractivity contribution in [1.29, 1.82) is 0 Å². The van der Waals surface area contributed by atoms with Crippen molar-refractivity contribution in [3.8, 4) is 0 Å². The highest BCUT2D eigenvalue weighted by molar-refractivity contribution is 5.81. The number of hydrogen-bond acceptors (Lipinski definition) is 1. The van der Waals surface area contributed by atoms with Crippen molar-refractivity contribution < 1.29 is 5.11 Å². The van der Waals surface area contributed by atoms with Crippen molar-refractivity contribution in [1.82, 2.24) is 4.57 Å². The van der Waals surface area contributed by atoms with Gasteiger partial charge in [0.1, 0.15) is 0 Å². The van der Waals surface area contributed by atoms with Crippen molar-refractivity contribution in [3.05, 3.63) is 36.0 Å². The molecular formula is C15H21NO. The monoisotopic (exact) mass is 231 g/mol. The maximum atomic E-state index is 9.66. The summed E-state index contributed by atoms with van der Waals surface area (Å²) in [6.07, 6.45) is 4.04. The summed E-state index contributed by atoms with van der Waals surface area (Å²) < 4.78 is 2.33. The lowest BCUT2D eigenvalue weighted by molar-refractivity contribution is 0.199. The Morgan fingerprint density at radius 3 is 2.47 bits per heavy atom. The van der Waals surface area contributed by atoms with E-state index >= 15 is 0 Å². The summed E-state index contributed by atoms with van der Waals surface area (Å²) in [5, 5.41) is 10.9. The van der Waals surface area contributed by atoms with Crippen molar-refractivity contribution in [3.63, 3.8) is 0 Å². The molecule has 1 atom stereocenters. The fourth-order valence-electron chi connectivity index (χ4n) is 2.43. The van der Waals surface area contributed by atoms with E-state index < -0.39 is 6.10 Å². The number of nitrogens with zero attached hydrogens (tertiary/aromatic N) is 1. The number of aliphatic hydroxyl groups excluding tert-OH is 1. The second kappa shape index (κ2) is 4.92. The summed E-state index contributed by atoms with van der Waals surface area (Å²) in [6.45, 7) is 6.25. The Morgan fingerprint density at radius 2 is 1.88 bits per heavy atom. The Morgan fingerprint density at radius 1 is 1.18 bits per heavy atom. The molecule has 92 valence electrons. The van der Waals surface area contributed by atoms with Crippen LogP contribution in [0.25, 0.3) is 10.9 Å². The third-order valence-corrected chi connectivity index (χ3v) is 3.57. The van der Waals surface area contributed by atoms with Crippen LogP contribution in [0.1, 0.15) is 51.3 Å². The van der Waals surface area contributed by atoms with Crippen molar-refractivity contribution in [2.45, 2.75) is 45.8 Å². The van der Waals surface area contributed by atoms with Gasteiger partial charge in [0.2, 0.25) is 0 Å². The minimum absolute atomic E-state index is 0.399. The van der Waals surface area contributed by atoms with Gasteiger partial charge in [-0.2, -0.15) is 0 Å². The molecule has 0 aliphatic heterocycles. The molecule has 2 nitrogen and oxygen atoms in total. The zero-order valence-corrected chi connectivity index (χ0v) is 10.9. The Balaban J connectivity index is 2.53. The Labute approximate surface area is 103 Å². The summed E-state index contributed by atoms with van der Waals surface area (Å²) in [7, 11) is 0. The maximum absolute atomic E-state index is 9.66. The number of fused-ring (bicyclic) bond motifs is 1. The summed E-state index contributed by atoms with van der Waals surface area (Å²) >= 11 is 0. The maximum Gasteiger partial charge on any atom is 0.0762 e. The fraction of sp³-hybridized carbons (Fsp3) is 0.467. The van der Waals surface area contributed by atoms with Crippen molar-refractivity contribution >= 4 is 10.9 Å². The topological polar surface area (TPSA) is 25.2 Å². The average Bonchev–Trinajstić information content (AvgIpc) is 2.74. The van der Waals surface area contributed by atoms with Gasteiger partial charge in [-0.3, -0.25) is 0 Å². The first-order valence-corrected chi connectivity index (χ1v) is 6.45. The molecule has 0 spiro atoms. The second-order valence-corrected chi connectivity index (χ2v) is 4.69. The van der Waals surface area contributed by atoms with Crippen LogP contribution in [0.15, 0.2) is 30.5 Å². The predicted octanol–water partition coefficient (Wildman–Crippen LogP) is 4.06. The molecule has 1 aromatic heterocycles. The number of benzene rings is 1. The molecule has 1 N–H and O–H groups in total. The molecule has 2 rings (SSSR count). The number of rotatable bonds is 4. The molecule has 1 heterocycles. The van der Waals surface area contributed by atoms with E-state index in [1.54, 1.807) is 0 Å². The van der Waals surface area contributed by atoms with E-state index in [1.807, 2.05) is 13.0 Å². The zero-order valence-electron chi connectivity index (χ0n) is 10.9. The van der Waals surface area contributed by atoms with Gasteiger partial charge in [-0.15, -0.1) is 0 Å². The van der Waals surface area contributed by atoms with Crippen LogP contribution in [0.2, 0.25) is 0 Å². The van der Waals surface area contributed by atoms with Gasteiger partial charge in [-0.25, -0.2) is 0 Å². The van der Waals surface area contributed by atoms with E-state index in [4.69, 9.17) is 0 Å². The molecule has 1 aromatic carbocycles. The van der Waals surface area contributed by atoms with E-state index in [0.717, 1.165) is 18.4 Å². The van der Waals surface area contributed by atoms with E-state index in [9.17, 15) is 5.11 Å². The minimum Gasteiger partial charge on any atom is -0.389 e. The van der Waals surface area contributed by atoms with Crippen LogP contribution in [-0.2, 0) is 0 Å². The molecule has 17 heavy (non-hydrogen) atoms. The molecule has 0 saturated heterocycles. The van der Waals surface area contributed by atoms with Gasteiger partial charge in [0.25, 0.3) is 0 Å². The highest BCUT2D eigenvalue weighted by atomic mass is 16.3. The van der Waals surface area contributed by atoms with Gasteiger partial charge < -0.3 is 9.67 Å². The Kier molecular flexibility index (Phi) is 3.53. The van der Waals surface area contributed by atoms with Crippen molar-refractivity contribution in [2.24, 2.45) is 0 Å². The summed E-state index contributed by atoms with van der Waals surface area (Å²) in [5.41, 5.74) is 2.22. The Hall–Kier alpha value is -1.28. The van der Waals surface area contributed by atoms with E-state index in [2.05, 4.69) is 42.8 Å². The van der Waals surface area contributed by atoms with E-state index in [1.165, 1.54) is 10.9 Å². The lowest BCUT2D eigenvalue weighted by Crippen LogP contribution is -2.05. The average molecular weight is 231 g/mol. The van der Waals surface area contributed by atoms with Crippen LogP contribution in [-0.4, -0.2) is 9.67 Å². The minimum atomic E-state index is -0.399. The zero-order chi connectivity index (χ0) is 12.4. The quantitative estimate of drug-likeness (QED) is 0.843. The van der Waals surface area contributed by atoms with Gasteiger partial charge in [0, 0.05) is 17.8 Å². The number of aromatic nitrogens is 1. The van der Waals surface area contributed by atoms with E-state index in [0.29, 0.717) is 6.04 Å². The van der Waals surface area contributed by atoms with Gasteiger partial charge in [0.05, 0.1) is 6.10 Å². The largest absolute Gasteiger partial charge is 0.389 e. The molecule has 0 bridgehead atoms. The summed E-state index contributed by atoms with van der Waals surface area (Å²) in [4.78, 5) is 0. The van der Waals surface area contributed by atoms with Gasteiger partial charge >= 0.3 is 0 Å². The van der Waals surface area contributed by atoms with Crippen LogP contribution in [0, 0.1) is 0 Å². The predicted molar refractivity (Wildman–Crippen MR) is 72.2 cm³/mol. The molecule has 0 aliphatic rings. The summed E-state index contributed by atoms with van der Waals surface area (Å²) in [6, 6.07) is 8.91. The molecule has 0 aliphatic carbocycles. The first kappa shape index (κ1) is 12.2. The molecule has 0 amide bonds. The van der Waals surface area contributed by atoms with Crippen LogP contribution < -0.4 is 0 Å². The van der Waals surface area contributed by atoms with Crippen LogP contribution in [0.4, 0.5) is 0 Å². The lowest BCUT2D eigenvalue weighted by atomic mass is 10.1. The first-order chi connectivity index (χ1) is 8.17. The number of hydrogen-bond donors (Lipinski definition) is 1. The molecule has 0 saturated carbocycles. The molecule has 2 heteroatoms. The van der Waals surface area contributed by atoms with Gasteiger partial charge in [0.15, 0.2) is 0 Å². The first-order valence-electron chi connectivity index (χ1n) is 6.45. The molecule has 0 radical (unpaired) electrons. The highest BCUT2D eigenvalue weighted by Crippen LogP contribution is 2.26. The normalized spacial score (nSPS) is 13.5. The van der Waals surface area contributed by atoms with Gasteiger partial charge in [-0.05, 0) is 42.8 Å². The third-order valence-electron chi connectivity index (χ3n) is 3.57. The van der Waals surface area contributed by atoms with Crippen LogP contribution in [0.3, 0.4) is 0 Å². The molecule has 2 aromatic rings. The van der Waals surface area contributed by atoms with E-state index in [-0.39, 0.29) is 0 Å². The SMILES string of the molecule is CCC(CC)n1ccc2ccc(C(C)O)cc21. The van der Waals surface area contributed by atoms with Crippen LogP contribution in [0.5, 0.6) is 0 Å². The second-order valence-electron chi connectivity index (χ2n) is 4.69. The molecular weight excluding hydrogens is 210 g/mol. The van der Waals surface area contributed by atoms with Gasteiger partial charge in [-0.1, -0.05) is 26.0 Å². The number of aliphatic hydroxyl groups is 1. The lowest BCUT2D eigenvalue weighted by Gasteiger charge is -2.17. The van der Waals surface area contributed by atoms with Crippen LogP contribution >= 0.6 is 0 Å². The molecule has 0 fully saturated rings. The highest BCUT2D eigenvalue weighted by Gasteiger charge is 2.10. The smallest absolute Gasteiger partial charge is 0.0762 e. The Bertz CT molecular complexity index is 495. The standard InChI is InChI=1S/C15H21NO/c1-4-14(5-2)16-9-8-12-6-7-13(11(3)17)10-15(12)16/h6-11,14,17H,4-5H2,1-3H3. The van der Waals surface area contributed by atoms with Crippen molar-refractivity contribution in [2.75, 3.05) is 0 Å².